The van der Waals surface area contributed by atoms with E-state index in [1.165, 1.54) is 0 Å². The largest absolute Gasteiger partial charge is 0.480 e. The molecule has 116 valence electrons. The number of rotatable bonds is 9. The molecule has 1 amide bonds. The number of hydrogen-bond acceptors (Lipinski definition) is 4. The number of carbonyl (C=O) groups excluding carboxylic acids is 1. The second-order valence-electron chi connectivity index (χ2n) is 4.18. The van der Waals surface area contributed by atoms with Crippen molar-refractivity contribution in [2.75, 3.05) is 19.8 Å². The standard InChI is InChI=1S/C14H18ClNO5/c1-2-11(21-12-6-4-3-5-10(12)15)14(19)16-7-8-20-9-13(17)18/h3-6,11H,2,7-9H2,1H3,(H,16,19)(H,17,18). The van der Waals surface area contributed by atoms with Gasteiger partial charge in [0.15, 0.2) is 6.10 Å². The van der Waals surface area contributed by atoms with E-state index in [4.69, 9.17) is 26.2 Å². The first-order chi connectivity index (χ1) is 10.0. The number of carboxylic acid groups (broad SMARTS) is 1. The maximum absolute atomic E-state index is 11.9. The predicted molar refractivity (Wildman–Crippen MR) is 77.6 cm³/mol. The molecule has 0 aromatic heterocycles. The summed E-state index contributed by atoms with van der Waals surface area (Å²) in [6.45, 7) is 1.78. The molecule has 6 nitrogen and oxygen atoms in total. The lowest BCUT2D eigenvalue weighted by Gasteiger charge is -2.18. The number of hydrogen-bond donors (Lipinski definition) is 2. The molecule has 0 saturated heterocycles. The van der Waals surface area contributed by atoms with Gasteiger partial charge in [-0.2, -0.15) is 0 Å². The number of carbonyl (C=O) groups is 2. The summed E-state index contributed by atoms with van der Waals surface area (Å²) in [6.07, 6.45) is -0.183. The van der Waals surface area contributed by atoms with E-state index in [-0.39, 0.29) is 25.7 Å². The lowest BCUT2D eigenvalue weighted by atomic mass is 10.2. The average molecular weight is 316 g/mol. The summed E-state index contributed by atoms with van der Waals surface area (Å²) < 4.78 is 10.4. The quantitative estimate of drug-likeness (QED) is 0.678. The smallest absolute Gasteiger partial charge is 0.329 e. The minimum atomic E-state index is -1.05. The Morgan fingerprint density at radius 2 is 2.10 bits per heavy atom. The summed E-state index contributed by atoms with van der Waals surface area (Å²) in [6, 6.07) is 6.91. The number of ether oxygens (including phenoxy) is 2. The fraction of sp³-hybridized carbons (Fsp3) is 0.429. The number of para-hydroxylation sites is 1. The lowest BCUT2D eigenvalue weighted by Crippen LogP contribution is -2.39. The molecular weight excluding hydrogens is 298 g/mol. The van der Waals surface area contributed by atoms with Gasteiger partial charge in [-0.3, -0.25) is 4.79 Å². The predicted octanol–water partition coefficient (Wildman–Crippen LogP) is 1.71. The number of nitrogens with one attached hydrogen (secondary N) is 1. The van der Waals surface area contributed by atoms with Gasteiger partial charge in [0.1, 0.15) is 12.4 Å². The van der Waals surface area contributed by atoms with Crippen molar-refractivity contribution in [3.8, 4) is 5.75 Å². The second-order valence-corrected chi connectivity index (χ2v) is 4.59. The Balaban J connectivity index is 2.39. The first-order valence-electron chi connectivity index (χ1n) is 6.53. The SMILES string of the molecule is CCC(Oc1ccccc1Cl)C(=O)NCCOCC(=O)O. The van der Waals surface area contributed by atoms with Gasteiger partial charge in [0.05, 0.1) is 11.6 Å². The molecule has 0 aliphatic carbocycles. The van der Waals surface area contributed by atoms with Crippen LogP contribution in [0.15, 0.2) is 24.3 Å². The van der Waals surface area contributed by atoms with Crippen molar-refractivity contribution in [2.45, 2.75) is 19.4 Å². The van der Waals surface area contributed by atoms with Gasteiger partial charge in [-0.05, 0) is 18.6 Å². The van der Waals surface area contributed by atoms with Crippen LogP contribution in [0.3, 0.4) is 0 Å². The fourth-order valence-electron chi connectivity index (χ4n) is 1.54. The number of amides is 1. The third-order valence-electron chi connectivity index (χ3n) is 2.54. The first-order valence-corrected chi connectivity index (χ1v) is 6.90. The van der Waals surface area contributed by atoms with Crippen LogP contribution in [-0.4, -0.2) is 42.8 Å². The van der Waals surface area contributed by atoms with Crippen LogP contribution in [0, 0.1) is 0 Å². The van der Waals surface area contributed by atoms with Crippen molar-refractivity contribution >= 4 is 23.5 Å². The van der Waals surface area contributed by atoms with Gasteiger partial charge in [-0.25, -0.2) is 4.79 Å². The minimum Gasteiger partial charge on any atom is -0.480 e. The van der Waals surface area contributed by atoms with E-state index < -0.39 is 12.1 Å². The van der Waals surface area contributed by atoms with Crippen LogP contribution in [0.1, 0.15) is 13.3 Å². The zero-order chi connectivity index (χ0) is 15.7. The minimum absolute atomic E-state index is 0.126. The summed E-state index contributed by atoms with van der Waals surface area (Å²) in [5.41, 5.74) is 0. The topological polar surface area (TPSA) is 84.9 Å². The fourth-order valence-corrected chi connectivity index (χ4v) is 1.72. The third-order valence-corrected chi connectivity index (χ3v) is 2.85. The molecule has 1 atom stereocenters. The zero-order valence-electron chi connectivity index (χ0n) is 11.7. The van der Waals surface area contributed by atoms with Gasteiger partial charge in [0.25, 0.3) is 5.91 Å². The zero-order valence-corrected chi connectivity index (χ0v) is 12.4. The highest BCUT2D eigenvalue weighted by molar-refractivity contribution is 6.32. The molecule has 21 heavy (non-hydrogen) atoms. The summed E-state index contributed by atoms with van der Waals surface area (Å²) in [7, 11) is 0. The van der Waals surface area contributed by atoms with Gasteiger partial charge < -0.3 is 19.9 Å². The summed E-state index contributed by atoms with van der Waals surface area (Å²) in [5, 5.41) is 11.5. The van der Waals surface area contributed by atoms with E-state index in [0.717, 1.165) is 0 Å². The molecule has 0 aliphatic heterocycles. The Labute approximate surface area is 128 Å². The first kappa shape index (κ1) is 17.3. The molecule has 7 heteroatoms. The van der Waals surface area contributed by atoms with Crippen LogP contribution in [0.2, 0.25) is 5.02 Å². The van der Waals surface area contributed by atoms with E-state index >= 15 is 0 Å². The molecular formula is C14H18ClNO5. The average Bonchev–Trinajstić information content (AvgIpc) is 2.45. The molecule has 0 bridgehead atoms. The second kappa shape index (κ2) is 9.20. The Morgan fingerprint density at radius 1 is 1.38 bits per heavy atom. The summed E-state index contributed by atoms with van der Waals surface area (Å²) in [5.74, 6) is -0.894. The number of benzene rings is 1. The summed E-state index contributed by atoms with van der Waals surface area (Å²) in [4.78, 5) is 22.2. The Morgan fingerprint density at radius 3 is 2.71 bits per heavy atom. The lowest BCUT2D eigenvalue weighted by molar-refractivity contribution is -0.142. The Hall–Kier alpha value is -1.79. The van der Waals surface area contributed by atoms with E-state index in [1.54, 1.807) is 24.3 Å². The van der Waals surface area contributed by atoms with Gasteiger partial charge >= 0.3 is 5.97 Å². The van der Waals surface area contributed by atoms with Crippen LogP contribution in [-0.2, 0) is 14.3 Å². The van der Waals surface area contributed by atoms with Crippen LogP contribution in [0.5, 0.6) is 5.75 Å². The molecule has 0 saturated carbocycles. The Kier molecular flexibility index (Phi) is 7.56. The maximum atomic E-state index is 11.9. The van der Waals surface area contributed by atoms with Gasteiger partial charge in [0, 0.05) is 6.54 Å². The molecule has 0 radical (unpaired) electrons. The van der Waals surface area contributed by atoms with E-state index in [1.807, 2.05) is 6.92 Å². The van der Waals surface area contributed by atoms with Crippen molar-refractivity contribution < 1.29 is 24.2 Å². The molecule has 1 rings (SSSR count). The van der Waals surface area contributed by atoms with Crippen LogP contribution < -0.4 is 10.1 Å². The number of halogens is 1. The van der Waals surface area contributed by atoms with Crippen molar-refractivity contribution in [1.82, 2.24) is 5.32 Å². The van der Waals surface area contributed by atoms with Gasteiger partial charge in [-0.15, -0.1) is 0 Å². The number of carboxylic acids is 1. The van der Waals surface area contributed by atoms with Crippen LogP contribution >= 0.6 is 11.6 Å². The van der Waals surface area contributed by atoms with Crippen molar-refractivity contribution in [2.24, 2.45) is 0 Å². The maximum Gasteiger partial charge on any atom is 0.329 e. The van der Waals surface area contributed by atoms with Crippen LogP contribution in [0.4, 0.5) is 0 Å². The normalized spacial score (nSPS) is 11.7. The monoisotopic (exact) mass is 315 g/mol. The molecule has 2 N–H and O–H groups in total. The molecule has 1 unspecified atom stereocenters. The Bertz CT molecular complexity index is 480. The summed E-state index contributed by atoms with van der Waals surface area (Å²) >= 11 is 5.97. The van der Waals surface area contributed by atoms with Gasteiger partial charge in [-0.1, -0.05) is 30.7 Å². The molecule has 1 aromatic carbocycles. The van der Waals surface area contributed by atoms with Crippen LogP contribution in [0.25, 0.3) is 0 Å². The highest BCUT2D eigenvalue weighted by Crippen LogP contribution is 2.24. The third kappa shape index (κ3) is 6.46. The molecule has 0 spiro atoms. The molecule has 0 fully saturated rings. The highest BCUT2D eigenvalue weighted by atomic mass is 35.5. The van der Waals surface area contributed by atoms with Crippen molar-refractivity contribution in [3.05, 3.63) is 29.3 Å². The molecule has 1 aromatic rings. The van der Waals surface area contributed by atoms with E-state index in [0.29, 0.717) is 17.2 Å². The van der Waals surface area contributed by atoms with E-state index in [2.05, 4.69) is 5.32 Å². The molecule has 0 heterocycles. The highest BCUT2D eigenvalue weighted by Gasteiger charge is 2.18. The number of aliphatic carboxylic acids is 1. The van der Waals surface area contributed by atoms with Gasteiger partial charge in [0.2, 0.25) is 0 Å². The van der Waals surface area contributed by atoms with E-state index in [9.17, 15) is 9.59 Å². The van der Waals surface area contributed by atoms with Crippen molar-refractivity contribution in [1.29, 1.82) is 0 Å². The molecule has 0 aliphatic rings. The van der Waals surface area contributed by atoms with Crippen molar-refractivity contribution in [3.63, 3.8) is 0 Å².